The number of nitrogens with one attached hydrogen (secondary N) is 2. The Balaban J connectivity index is 2.90. The van der Waals surface area contributed by atoms with Crippen molar-refractivity contribution in [3.63, 3.8) is 0 Å². The average molecular weight is 301 g/mol. The molecule has 7 nitrogen and oxygen atoms in total. The molecule has 0 aliphatic heterocycles. The van der Waals surface area contributed by atoms with Crippen LogP contribution in [-0.2, 0) is 10.0 Å². The summed E-state index contributed by atoms with van der Waals surface area (Å²) in [6.45, 7) is 4.46. The van der Waals surface area contributed by atoms with Crippen LogP contribution in [0.3, 0.4) is 0 Å². The van der Waals surface area contributed by atoms with Crippen LogP contribution >= 0.6 is 0 Å². The lowest BCUT2D eigenvalue weighted by atomic mass is 10.2. The summed E-state index contributed by atoms with van der Waals surface area (Å²) in [5.41, 5.74) is 0.234. The maximum Gasteiger partial charge on any atom is 0.269 e. The molecule has 1 rings (SSSR count). The minimum atomic E-state index is -3.65. The minimum Gasteiger partial charge on any atom is -0.319 e. The number of non-ortho nitro benzene ring substituents is 1. The zero-order valence-electron chi connectivity index (χ0n) is 11.7. The largest absolute Gasteiger partial charge is 0.319 e. The van der Waals surface area contributed by atoms with Crippen LogP contribution in [0.5, 0.6) is 0 Å². The number of rotatable bonds is 7. The molecule has 0 heterocycles. The zero-order valence-corrected chi connectivity index (χ0v) is 12.5. The van der Waals surface area contributed by atoms with E-state index in [0.717, 1.165) is 0 Å². The summed E-state index contributed by atoms with van der Waals surface area (Å²) in [5, 5.41) is 13.6. The second kappa shape index (κ2) is 6.78. The standard InChI is InChI=1S/C12H19N3O4S/c1-9(7-13-3)8-14-20(18,19)12-5-4-11(15(16)17)6-10(12)2/h4-6,9,13-14H,7-8H2,1-3H3. The number of sulfonamides is 1. The summed E-state index contributed by atoms with van der Waals surface area (Å²) in [5.74, 6) is 0.146. The van der Waals surface area contributed by atoms with E-state index < -0.39 is 14.9 Å². The molecule has 8 heteroatoms. The molecule has 112 valence electrons. The Labute approximate surface area is 118 Å². The summed E-state index contributed by atoms with van der Waals surface area (Å²) in [7, 11) is -1.85. The molecule has 0 aliphatic rings. The second-order valence-electron chi connectivity index (χ2n) is 4.72. The highest BCUT2D eigenvalue weighted by atomic mass is 32.2. The van der Waals surface area contributed by atoms with Gasteiger partial charge in [-0.25, -0.2) is 13.1 Å². The molecular weight excluding hydrogens is 282 g/mol. The van der Waals surface area contributed by atoms with Gasteiger partial charge in [-0.1, -0.05) is 6.92 Å². The number of hydrogen-bond donors (Lipinski definition) is 2. The number of nitro groups is 1. The van der Waals surface area contributed by atoms with E-state index in [9.17, 15) is 18.5 Å². The average Bonchev–Trinajstić information content (AvgIpc) is 2.36. The van der Waals surface area contributed by atoms with Gasteiger partial charge in [-0.3, -0.25) is 10.1 Å². The molecule has 2 N–H and O–H groups in total. The Morgan fingerprint density at radius 1 is 1.35 bits per heavy atom. The number of hydrogen-bond acceptors (Lipinski definition) is 5. The first-order valence-corrected chi connectivity index (χ1v) is 7.65. The van der Waals surface area contributed by atoms with Crippen LogP contribution in [-0.4, -0.2) is 33.5 Å². The van der Waals surface area contributed by atoms with E-state index in [4.69, 9.17) is 0 Å². The molecule has 0 radical (unpaired) electrons. The fraction of sp³-hybridized carbons (Fsp3) is 0.500. The second-order valence-corrected chi connectivity index (χ2v) is 6.46. The zero-order chi connectivity index (χ0) is 15.3. The van der Waals surface area contributed by atoms with E-state index in [1.54, 1.807) is 14.0 Å². The molecule has 0 bridgehead atoms. The molecule has 1 aromatic carbocycles. The first kappa shape index (κ1) is 16.5. The van der Waals surface area contributed by atoms with Crippen molar-refractivity contribution in [2.24, 2.45) is 5.92 Å². The highest BCUT2D eigenvalue weighted by Gasteiger charge is 2.19. The topological polar surface area (TPSA) is 101 Å². The molecule has 0 amide bonds. The van der Waals surface area contributed by atoms with Crippen LogP contribution in [0.25, 0.3) is 0 Å². The molecule has 20 heavy (non-hydrogen) atoms. The van der Waals surface area contributed by atoms with Crippen molar-refractivity contribution in [3.8, 4) is 0 Å². The molecule has 0 saturated heterocycles. The summed E-state index contributed by atoms with van der Waals surface area (Å²) in [4.78, 5) is 10.2. The lowest BCUT2D eigenvalue weighted by Gasteiger charge is -2.13. The van der Waals surface area contributed by atoms with Crippen LogP contribution in [0.1, 0.15) is 12.5 Å². The first-order chi connectivity index (χ1) is 9.27. The van der Waals surface area contributed by atoms with Gasteiger partial charge in [-0.05, 0) is 38.1 Å². The minimum absolute atomic E-state index is 0.0692. The van der Waals surface area contributed by atoms with Crippen LogP contribution in [0.4, 0.5) is 5.69 Å². The maximum absolute atomic E-state index is 12.1. The Bertz CT molecular complexity index is 586. The third-order valence-electron chi connectivity index (χ3n) is 2.83. The number of benzene rings is 1. The van der Waals surface area contributed by atoms with Gasteiger partial charge in [0.05, 0.1) is 9.82 Å². The fourth-order valence-corrected chi connectivity index (χ4v) is 3.19. The quantitative estimate of drug-likeness (QED) is 0.579. The summed E-state index contributed by atoms with van der Waals surface area (Å²) >= 11 is 0. The van der Waals surface area contributed by atoms with Gasteiger partial charge in [-0.2, -0.15) is 0 Å². The van der Waals surface area contributed by atoms with Crippen LogP contribution in [0.15, 0.2) is 23.1 Å². The molecular formula is C12H19N3O4S. The van der Waals surface area contributed by atoms with E-state index in [1.165, 1.54) is 18.2 Å². The van der Waals surface area contributed by atoms with Crippen molar-refractivity contribution >= 4 is 15.7 Å². The first-order valence-electron chi connectivity index (χ1n) is 6.17. The van der Waals surface area contributed by atoms with Gasteiger partial charge in [-0.15, -0.1) is 0 Å². The van der Waals surface area contributed by atoms with Crippen molar-refractivity contribution < 1.29 is 13.3 Å². The maximum atomic E-state index is 12.1. The van der Waals surface area contributed by atoms with Gasteiger partial charge < -0.3 is 5.32 Å². The molecule has 0 fully saturated rings. The van der Waals surface area contributed by atoms with E-state index in [0.29, 0.717) is 18.7 Å². The predicted octanol–water partition coefficient (Wildman–Crippen LogP) is 1.04. The molecule has 0 saturated carbocycles. The Morgan fingerprint density at radius 2 is 2.00 bits per heavy atom. The fourth-order valence-electron chi connectivity index (χ4n) is 1.80. The SMILES string of the molecule is CNCC(C)CNS(=O)(=O)c1ccc([N+](=O)[O-])cc1C. The van der Waals surface area contributed by atoms with Gasteiger partial charge in [0.1, 0.15) is 0 Å². The smallest absolute Gasteiger partial charge is 0.269 e. The molecule has 0 spiro atoms. The molecule has 0 aromatic heterocycles. The molecule has 1 unspecified atom stereocenters. The lowest BCUT2D eigenvalue weighted by Crippen LogP contribution is -2.32. The summed E-state index contributed by atoms with van der Waals surface area (Å²) in [6, 6.07) is 3.71. The van der Waals surface area contributed by atoms with E-state index in [-0.39, 0.29) is 16.5 Å². The van der Waals surface area contributed by atoms with E-state index in [2.05, 4.69) is 10.0 Å². The Kier molecular flexibility index (Phi) is 5.61. The van der Waals surface area contributed by atoms with Crippen molar-refractivity contribution in [1.82, 2.24) is 10.0 Å². The highest BCUT2D eigenvalue weighted by Crippen LogP contribution is 2.20. The Morgan fingerprint density at radius 3 is 2.50 bits per heavy atom. The monoisotopic (exact) mass is 301 g/mol. The van der Waals surface area contributed by atoms with Gasteiger partial charge in [0, 0.05) is 18.7 Å². The highest BCUT2D eigenvalue weighted by molar-refractivity contribution is 7.89. The molecule has 0 aliphatic carbocycles. The van der Waals surface area contributed by atoms with Crippen molar-refractivity contribution in [2.45, 2.75) is 18.7 Å². The van der Waals surface area contributed by atoms with E-state index >= 15 is 0 Å². The van der Waals surface area contributed by atoms with Crippen molar-refractivity contribution in [1.29, 1.82) is 0 Å². The van der Waals surface area contributed by atoms with Crippen LogP contribution in [0.2, 0.25) is 0 Å². The Hall–Kier alpha value is -1.51. The summed E-state index contributed by atoms with van der Waals surface area (Å²) < 4.78 is 26.8. The predicted molar refractivity (Wildman–Crippen MR) is 76.1 cm³/mol. The van der Waals surface area contributed by atoms with Gasteiger partial charge in [0.2, 0.25) is 10.0 Å². The lowest BCUT2D eigenvalue weighted by molar-refractivity contribution is -0.385. The third-order valence-corrected chi connectivity index (χ3v) is 4.42. The molecule has 1 atom stereocenters. The van der Waals surface area contributed by atoms with Crippen molar-refractivity contribution in [2.75, 3.05) is 20.1 Å². The van der Waals surface area contributed by atoms with Crippen molar-refractivity contribution in [3.05, 3.63) is 33.9 Å². The van der Waals surface area contributed by atoms with Gasteiger partial charge in [0.15, 0.2) is 0 Å². The van der Waals surface area contributed by atoms with Gasteiger partial charge >= 0.3 is 0 Å². The third kappa shape index (κ3) is 4.26. The molecule has 1 aromatic rings. The number of aryl methyl sites for hydroxylation is 1. The number of nitro benzene ring substituents is 1. The van der Waals surface area contributed by atoms with Crippen LogP contribution in [0, 0.1) is 23.0 Å². The summed E-state index contributed by atoms with van der Waals surface area (Å²) in [6.07, 6.45) is 0. The number of nitrogens with zero attached hydrogens (tertiary/aromatic N) is 1. The van der Waals surface area contributed by atoms with Crippen LogP contribution < -0.4 is 10.0 Å². The normalized spacial score (nSPS) is 13.2. The van der Waals surface area contributed by atoms with E-state index in [1.807, 2.05) is 6.92 Å². The van der Waals surface area contributed by atoms with Gasteiger partial charge in [0.25, 0.3) is 5.69 Å².